The van der Waals surface area contributed by atoms with E-state index in [1.54, 1.807) is 5.38 Å². The predicted molar refractivity (Wildman–Crippen MR) is 224 cm³/mol. The van der Waals surface area contributed by atoms with E-state index in [0.29, 0.717) is 22.0 Å². The molecule has 4 aromatic rings. The molecule has 61 heavy (non-hydrogen) atoms. The Morgan fingerprint density at radius 1 is 0.951 bits per heavy atom. The molecule has 2 N–H and O–H groups in total. The van der Waals surface area contributed by atoms with Gasteiger partial charge in [-0.1, -0.05) is 108 Å². The van der Waals surface area contributed by atoms with E-state index in [-0.39, 0.29) is 16.3 Å². The molecule has 2 aliphatic heterocycles. The van der Waals surface area contributed by atoms with Crippen molar-refractivity contribution in [2.45, 2.75) is 49.5 Å². The minimum atomic E-state index is -6.09. The van der Waals surface area contributed by atoms with Crippen LogP contribution in [-0.2, 0) is 39.6 Å². The molecule has 3 heterocycles. The van der Waals surface area contributed by atoms with Crippen molar-refractivity contribution in [2.24, 2.45) is 5.16 Å². The maximum absolute atomic E-state index is 14.0. The fourth-order valence-electron chi connectivity index (χ4n) is 6.39. The summed E-state index contributed by atoms with van der Waals surface area (Å²) in [6, 6.07) is 28.4. The van der Waals surface area contributed by atoms with Gasteiger partial charge in [-0.3, -0.25) is 14.5 Å². The number of likely N-dealkylation sites (N-methyl/N-ethyl adjacent to an activating group) is 1. The number of β-lactam (4-membered cyclic amide) rings is 1. The van der Waals surface area contributed by atoms with Crippen LogP contribution in [0.1, 0.15) is 43.2 Å². The number of hydrogen-bond donors (Lipinski definition) is 2. The summed E-state index contributed by atoms with van der Waals surface area (Å²) in [5.74, 6) is 1.31. The highest BCUT2D eigenvalue weighted by Crippen LogP contribution is 2.47. The van der Waals surface area contributed by atoms with E-state index in [9.17, 15) is 27.6 Å². The van der Waals surface area contributed by atoms with E-state index >= 15 is 0 Å². The van der Waals surface area contributed by atoms with Crippen molar-refractivity contribution < 1.29 is 54.6 Å². The van der Waals surface area contributed by atoms with E-state index in [2.05, 4.69) is 52.2 Å². The summed E-state index contributed by atoms with van der Waals surface area (Å²) in [5.41, 5.74) is -4.03. The normalized spacial score (nSPS) is 17.3. The number of hydrogen-bond acceptors (Lipinski definition) is 13. The number of nitrogens with zero attached hydrogens (tertiary/aromatic N) is 4. The molecule has 0 saturated carbocycles. The molecule has 3 aromatic carbocycles. The number of amides is 2. The smallest absolute Gasteiger partial charge is 0.485 e. The fourth-order valence-corrected chi connectivity index (χ4v) is 8.49. The van der Waals surface area contributed by atoms with Gasteiger partial charge in [-0.05, 0) is 37.5 Å². The number of oxime groups is 1. The van der Waals surface area contributed by atoms with Crippen LogP contribution in [-0.4, -0.2) is 109 Å². The third kappa shape index (κ3) is 10.7. The van der Waals surface area contributed by atoms with Crippen LogP contribution in [0.3, 0.4) is 0 Å². The number of nitrogens with one attached hydrogen (secondary N) is 2. The monoisotopic (exact) mass is 900 g/mol. The lowest BCUT2D eigenvalue weighted by Crippen LogP contribution is -2.72. The Balaban J connectivity index is 0.000000800. The Labute approximate surface area is 359 Å². The number of thiazole rings is 1. The Morgan fingerprint density at radius 2 is 1.44 bits per heavy atom. The summed E-state index contributed by atoms with van der Waals surface area (Å²) < 4.78 is 65.8. The lowest BCUT2D eigenvalue weighted by molar-refractivity contribution is -0.864. The number of halogens is 3. The average molecular weight is 901 g/mol. The van der Waals surface area contributed by atoms with Crippen molar-refractivity contribution >= 4 is 61.8 Å². The highest BCUT2D eigenvalue weighted by atomic mass is 32.2. The number of ether oxygens (including phenoxy) is 1. The van der Waals surface area contributed by atoms with Crippen LogP contribution in [0.25, 0.3) is 0 Å². The lowest BCUT2D eigenvalue weighted by Gasteiger charge is -2.51. The van der Waals surface area contributed by atoms with Crippen molar-refractivity contribution in [3.63, 3.8) is 0 Å². The zero-order chi connectivity index (χ0) is 45.0. The molecule has 2 atom stereocenters. The second-order valence-corrected chi connectivity index (χ2v) is 19.0. The zero-order valence-corrected chi connectivity index (χ0v) is 36.5. The standard InChI is InChI=1S/C40H42N6O5S2.CHF3O3S/c1-39(2,3)51-37-30(23-46(4,5)6)53-31(24-47)34-33(36(49)45(34)37)42-35(48)32(44-50-7)29-25-52-38(41-29)43-40(26-17-11-8-12-18-26,27-19-13-9-14-20-27)28-21-15-10-16-22-28;2-1(3,4)8(5,6)7/h8-22,25,33-34H,23H2,1-7H3,(H-,41,42,43,48);(H,5,6,7). The van der Waals surface area contributed by atoms with Gasteiger partial charge in [-0.2, -0.15) is 13.2 Å². The fraction of sp³-hybridized carbons (Fsp3) is 0.317. The largest absolute Gasteiger partial charge is 0.741 e. The summed E-state index contributed by atoms with van der Waals surface area (Å²) >= 11 is 2.54. The molecule has 1 fully saturated rings. The van der Waals surface area contributed by atoms with Crippen molar-refractivity contribution in [3.05, 3.63) is 134 Å². The maximum atomic E-state index is 14.0. The molecule has 0 spiro atoms. The average Bonchev–Trinajstić information content (AvgIpc) is 3.65. The second kappa shape index (κ2) is 18.2. The number of carbonyl (C=O) groups excluding carboxylic acids is 3. The maximum Gasteiger partial charge on any atom is 0.485 e. The van der Waals surface area contributed by atoms with Gasteiger partial charge in [0, 0.05) is 5.38 Å². The number of rotatable bonds is 12. The molecule has 14 nitrogen and oxygen atoms in total. The number of quaternary nitrogens is 1. The third-order valence-electron chi connectivity index (χ3n) is 8.81. The van der Waals surface area contributed by atoms with Crippen LogP contribution in [0.15, 0.2) is 117 Å². The number of anilines is 1. The lowest BCUT2D eigenvalue weighted by atomic mass is 9.77. The Morgan fingerprint density at radius 3 is 1.85 bits per heavy atom. The molecular weight excluding hydrogens is 858 g/mol. The van der Waals surface area contributed by atoms with Crippen molar-refractivity contribution in [1.82, 2.24) is 15.2 Å². The third-order valence-corrected chi connectivity index (χ3v) is 11.2. The van der Waals surface area contributed by atoms with Gasteiger partial charge in [0.1, 0.15) is 53.4 Å². The molecule has 6 rings (SSSR count). The number of fused-ring (bicyclic) bond motifs is 1. The molecule has 1 saturated heterocycles. The summed E-state index contributed by atoms with van der Waals surface area (Å²) in [6.07, 6.45) is 0. The van der Waals surface area contributed by atoms with Gasteiger partial charge in [0.15, 0.2) is 21.0 Å². The van der Waals surface area contributed by atoms with Crippen LogP contribution >= 0.6 is 23.1 Å². The highest BCUT2D eigenvalue weighted by Gasteiger charge is 2.57. The second-order valence-electron chi connectivity index (χ2n) is 15.6. The van der Waals surface area contributed by atoms with Gasteiger partial charge >= 0.3 is 5.51 Å². The van der Waals surface area contributed by atoms with Gasteiger partial charge in [-0.25, -0.2) is 18.2 Å². The van der Waals surface area contributed by atoms with Crippen molar-refractivity contribution in [3.8, 4) is 0 Å². The first kappa shape index (κ1) is 46.6. The summed E-state index contributed by atoms with van der Waals surface area (Å²) in [5, 5.41) is 12.8. The van der Waals surface area contributed by atoms with Gasteiger partial charge in [-0.15, -0.1) is 11.3 Å². The van der Waals surface area contributed by atoms with Gasteiger partial charge < -0.3 is 29.2 Å². The molecular formula is C41H43F3N6O8S3. The van der Waals surface area contributed by atoms with Crippen LogP contribution in [0.2, 0.25) is 0 Å². The highest BCUT2D eigenvalue weighted by molar-refractivity contribution is 8.07. The van der Waals surface area contributed by atoms with Crippen LogP contribution in [0.4, 0.5) is 18.3 Å². The number of alkyl halides is 3. The van der Waals surface area contributed by atoms with Crippen molar-refractivity contribution in [2.75, 3.05) is 40.1 Å². The van der Waals surface area contributed by atoms with Crippen LogP contribution in [0, 0.1) is 0 Å². The molecule has 2 aliphatic rings. The number of thioether (sulfide) groups is 1. The number of aromatic nitrogens is 1. The van der Waals surface area contributed by atoms with Gasteiger partial charge in [0.25, 0.3) is 11.8 Å². The Bertz CT molecular complexity index is 2350. The van der Waals surface area contributed by atoms with Crippen LogP contribution in [0.5, 0.6) is 0 Å². The first-order valence-electron chi connectivity index (χ1n) is 18.3. The van der Waals surface area contributed by atoms with Gasteiger partial charge in [0.2, 0.25) is 5.88 Å². The molecule has 0 bridgehead atoms. The first-order chi connectivity index (χ1) is 28.5. The summed E-state index contributed by atoms with van der Waals surface area (Å²) in [7, 11) is 1.29. The molecule has 2 amide bonds. The molecule has 324 valence electrons. The minimum absolute atomic E-state index is 0.125. The molecule has 0 radical (unpaired) electrons. The Hall–Kier alpha value is -5.50. The predicted octanol–water partition coefficient (Wildman–Crippen LogP) is 5.80. The zero-order valence-electron chi connectivity index (χ0n) is 34.0. The SMILES string of the molecule is CON=C(C(=O)NC1C(=O)N2C(OC(C)(C)C)=C(C[N+](C)(C)C)SC(=C=O)C12)c1csc(NC(c2ccccc2)(c2ccccc2)c2ccccc2)n1.O=S(=O)([O-])C(F)(F)F. The Kier molecular flexibility index (Phi) is 13.9. The van der Waals surface area contributed by atoms with E-state index in [4.69, 9.17) is 27.5 Å². The molecule has 0 aliphatic carbocycles. The summed E-state index contributed by atoms with van der Waals surface area (Å²) in [4.78, 5) is 52.5. The molecule has 20 heteroatoms. The number of benzene rings is 3. The topological polar surface area (TPSA) is 179 Å². The first-order valence-corrected chi connectivity index (χ1v) is 21.4. The summed E-state index contributed by atoms with van der Waals surface area (Å²) in [6.45, 7) is 6.20. The molecule has 1 aromatic heterocycles. The van der Waals surface area contributed by atoms with E-state index in [0.717, 1.165) is 21.6 Å². The van der Waals surface area contributed by atoms with E-state index in [1.807, 2.05) is 102 Å². The van der Waals surface area contributed by atoms with Crippen LogP contribution < -0.4 is 10.6 Å². The molecule has 2 unspecified atom stereocenters. The number of carbonyl (C=O) groups is 2. The van der Waals surface area contributed by atoms with Gasteiger partial charge in [0.05, 0.1) is 26.0 Å². The minimum Gasteiger partial charge on any atom is -0.741 e. The van der Waals surface area contributed by atoms with E-state index < -0.39 is 50.7 Å². The van der Waals surface area contributed by atoms with E-state index in [1.165, 1.54) is 35.1 Å². The van der Waals surface area contributed by atoms with Crippen molar-refractivity contribution in [1.29, 1.82) is 0 Å². The quantitative estimate of drug-likeness (QED) is 0.0257.